The van der Waals surface area contributed by atoms with E-state index in [9.17, 15) is 10.2 Å². The van der Waals surface area contributed by atoms with Gasteiger partial charge in [0.05, 0.1) is 0 Å². The van der Waals surface area contributed by atoms with E-state index in [0.29, 0.717) is 11.5 Å². The first-order chi connectivity index (χ1) is 18.6. The quantitative estimate of drug-likeness (QED) is 0.279. The normalized spacial score (nSPS) is 13.1. The lowest BCUT2D eigenvalue weighted by Gasteiger charge is -2.28. The molecule has 0 saturated carbocycles. The number of benzene rings is 3. The summed E-state index contributed by atoms with van der Waals surface area (Å²) in [5.74, 6) is 2.54. The molecule has 0 aliphatic heterocycles. The fourth-order valence-electron chi connectivity index (χ4n) is 5.01. The van der Waals surface area contributed by atoms with Gasteiger partial charge in [0.2, 0.25) is 0 Å². The average Bonchev–Trinajstić information content (AvgIpc) is 2.80. The van der Waals surface area contributed by atoms with Gasteiger partial charge in [0.15, 0.2) is 0 Å². The molecule has 0 atom stereocenters. The highest BCUT2D eigenvalue weighted by molar-refractivity contribution is 8.01. The molecule has 0 heterocycles. The monoisotopic (exact) mass is 592 g/mol. The molecular formula is C37H52O2S2. The highest BCUT2D eigenvalue weighted by Gasteiger charge is 2.28. The summed E-state index contributed by atoms with van der Waals surface area (Å²) in [5, 5.41) is 22.3. The Morgan fingerprint density at radius 1 is 0.488 bits per heavy atom. The van der Waals surface area contributed by atoms with Crippen LogP contribution >= 0.6 is 23.5 Å². The van der Waals surface area contributed by atoms with Crippen molar-refractivity contribution in [3.8, 4) is 11.5 Å². The molecule has 0 saturated heterocycles. The van der Waals surface area contributed by atoms with Crippen molar-refractivity contribution in [1.82, 2.24) is 0 Å². The highest BCUT2D eigenvalue weighted by Crippen LogP contribution is 2.43. The molecule has 3 rings (SSSR count). The summed E-state index contributed by atoms with van der Waals surface area (Å²) in [7, 11) is 0. The Hall–Kier alpha value is -2.04. The first kappa shape index (κ1) is 33.5. The number of rotatable bonds is 6. The van der Waals surface area contributed by atoms with Gasteiger partial charge in [-0.05, 0) is 79.7 Å². The maximum absolute atomic E-state index is 11.2. The largest absolute Gasteiger partial charge is 0.507 e. The molecule has 0 unspecified atom stereocenters. The number of hydrogen-bond acceptors (Lipinski definition) is 4. The van der Waals surface area contributed by atoms with Gasteiger partial charge in [0, 0.05) is 21.3 Å². The molecule has 3 aromatic carbocycles. The van der Waals surface area contributed by atoms with Crippen LogP contribution in [0.2, 0.25) is 0 Å². The minimum atomic E-state index is -0.142. The second-order valence-corrected chi connectivity index (χ2v) is 17.6. The highest BCUT2D eigenvalue weighted by atomic mass is 32.2. The minimum absolute atomic E-state index is 0.141. The van der Waals surface area contributed by atoms with Crippen LogP contribution in [0.3, 0.4) is 0 Å². The van der Waals surface area contributed by atoms with Crippen molar-refractivity contribution in [3.63, 3.8) is 0 Å². The SMILES string of the molecule is Cc1ccc(SCc2cc(C(C)(C)C)c(O)c(C(C)(C)C)c2)c(SCc2cc(C(C)(C)C)c(O)c(C(C)(C)C)c2)c1. The van der Waals surface area contributed by atoms with Gasteiger partial charge in [-0.15, -0.1) is 23.5 Å². The molecule has 0 spiro atoms. The third-order valence-electron chi connectivity index (χ3n) is 7.46. The molecule has 2 nitrogen and oxygen atoms in total. The topological polar surface area (TPSA) is 40.5 Å². The van der Waals surface area contributed by atoms with Gasteiger partial charge in [-0.1, -0.05) is 113 Å². The van der Waals surface area contributed by atoms with E-state index < -0.39 is 0 Å². The van der Waals surface area contributed by atoms with Crippen molar-refractivity contribution in [1.29, 1.82) is 0 Å². The Bertz CT molecular complexity index is 1320. The predicted octanol–water partition coefficient (Wildman–Crippen LogP) is 11.2. The van der Waals surface area contributed by atoms with Crippen LogP contribution in [0.5, 0.6) is 11.5 Å². The van der Waals surface area contributed by atoms with E-state index in [1.165, 1.54) is 26.5 Å². The molecular weight excluding hydrogens is 541 g/mol. The predicted molar refractivity (Wildman–Crippen MR) is 181 cm³/mol. The van der Waals surface area contributed by atoms with Crippen LogP contribution in [0.4, 0.5) is 0 Å². The number of thioether (sulfide) groups is 2. The second kappa shape index (κ2) is 11.9. The zero-order chi connectivity index (χ0) is 31.1. The summed E-state index contributed by atoms with van der Waals surface area (Å²) in [6.45, 7) is 28.2. The van der Waals surface area contributed by atoms with Crippen molar-refractivity contribution >= 4 is 23.5 Å². The van der Waals surface area contributed by atoms with Crippen molar-refractivity contribution in [3.05, 3.63) is 81.4 Å². The second-order valence-electron chi connectivity index (χ2n) is 15.6. The number of phenols is 2. The van der Waals surface area contributed by atoms with Crippen molar-refractivity contribution in [2.75, 3.05) is 0 Å². The summed E-state index contributed by atoms with van der Waals surface area (Å²) in [5.41, 5.74) is 7.20. The molecule has 4 heteroatoms. The van der Waals surface area contributed by atoms with Crippen LogP contribution in [0.15, 0.2) is 52.3 Å². The number of aryl methyl sites for hydroxylation is 1. The van der Waals surface area contributed by atoms with Gasteiger partial charge in [-0.25, -0.2) is 0 Å². The van der Waals surface area contributed by atoms with E-state index in [0.717, 1.165) is 33.8 Å². The first-order valence-electron chi connectivity index (χ1n) is 14.7. The lowest BCUT2D eigenvalue weighted by molar-refractivity contribution is 0.422. The molecule has 0 aromatic heterocycles. The fourth-order valence-corrected chi connectivity index (χ4v) is 7.19. The zero-order valence-electron chi connectivity index (χ0n) is 27.7. The number of phenolic OH excluding ortho intramolecular Hbond substituents is 2. The lowest BCUT2D eigenvalue weighted by atomic mass is 9.78. The summed E-state index contributed by atoms with van der Waals surface area (Å²) >= 11 is 3.73. The van der Waals surface area contributed by atoms with Crippen LogP contribution in [-0.4, -0.2) is 10.2 Å². The van der Waals surface area contributed by atoms with Crippen LogP contribution in [0, 0.1) is 6.92 Å². The van der Waals surface area contributed by atoms with E-state index >= 15 is 0 Å². The van der Waals surface area contributed by atoms with E-state index in [2.05, 4.69) is 132 Å². The summed E-state index contributed by atoms with van der Waals surface area (Å²) in [4.78, 5) is 2.55. The Labute approximate surface area is 258 Å². The van der Waals surface area contributed by atoms with Crippen LogP contribution in [0.1, 0.15) is 122 Å². The fraction of sp³-hybridized carbons (Fsp3) is 0.514. The smallest absolute Gasteiger partial charge is 0.123 e. The zero-order valence-corrected chi connectivity index (χ0v) is 29.3. The Morgan fingerprint density at radius 3 is 1.12 bits per heavy atom. The van der Waals surface area contributed by atoms with Gasteiger partial charge in [-0.3, -0.25) is 0 Å². The molecule has 0 radical (unpaired) electrons. The third-order valence-corrected chi connectivity index (χ3v) is 9.86. The minimum Gasteiger partial charge on any atom is -0.507 e. The van der Waals surface area contributed by atoms with Gasteiger partial charge < -0.3 is 10.2 Å². The van der Waals surface area contributed by atoms with E-state index in [1.807, 2.05) is 23.5 Å². The molecule has 0 aliphatic carbocycles. The first-order valence-corrected chi connectivity index (χ1v) is 16.7. The van der Waals surface area contributed by atoms with Gasteiger partial charge in [-0.2, -0.15) is 0 Å². The molecule has 0 aliphatic rings. The van der Waals surface area contributed by atoms with Gasteiger partial charge >= 0.3 is 0 Å². The molecule has 2 N–H and O–H groups in total. The van der Waals surface area contributed by atoms with Gasteiger partial charge in [0.25, 0.3) is 0 Å². The Balaban J connectivity index is 1.94. The van der Waals surface area contributed by atoms with Crippen molar-refractivity contribution in [2.24, 2.45) is 0 Å². The standard InChI is InChI=1S/C37H52O2S2/c1-23-14-15-30(40-21-24-17-26(34(2,3)4)32(38)27(18-24)35(5,6)7)31(16-23)41-22-25-19-28(36(8,9)10)33(39)29(20-25)37(11,12)13/h14-20,38-39H,21-22H2,1-13H3. The number of aromatic hydroxyl groups is 2. The van der Waals surface area contributed by atoms with Crippen molar-refractivity contribution in [2.45, 2.75) is 133 Å². The molecule has 224 valence electrons. The molecule has 41 heavy (non-hydrogen) atoms. The molecule has 3 aromatic rings. The Morgan fingerprint density at radius 2 is 0.805 bits per heavy atom. The van der Waals surface area contributed by atoms with Crippen LogP contribution in [-0.2, 0) is 33.2 Å². The average molecular weight is 593 g/mol. The summed E-state index contributed by atoms with van der Waals surface area (Å²) < 4.78 is 0. The molecule has 0 amide bonds. The Kier molecular flexibility index (Phi) is 9.73. The van der Waals surface area contributed by atoms with Crippen LogP contribution in [0.25, 0.3) is 0 Å². The summed E-state index contributed by atoms with van der Waals surface area (Å²) in [6.07, 6.45) is 0. The summed E-state index contributed by atoms with van der Waals surface area (Å²) in [6, 6.07) is 15.5. The lowest BCUT2D eigenvalue weighted by Crippen LogP contribution is -2.17. The third kappa shape index (κ3) is 8.29. The maximum atomic E-state index is 11.2. The molecule has 0 bridgehead atoms. The maximum Gasteiger partial charge on any atom is 0.123 e. The van der Waals surface area contributed by atoms with E-state index in [4.69, 9.17) is 0 Å². The van der Waals surface area contributed by atoms with E-state index in [1.54, 1.807) is 0 Å². The van der Waals surface area contributed by atoms with Crippen LogP contribution < -0.4 is 0 Å². The molecule has 0 fully saturated rings. The van der Waals surface area contributed by atoms with Crippen molar-refractivity contribution < 1.29 is 10.2 Å². The number of hydrogen-bond donors (Lipinski definition) is 2. The van der Waals surface area contributed by atoms with E-state index in [-0.39, 0.29) is 21.7 Å². The van der Waals surface area contributed by atoms with Gasteiger partial charge in [0.1, 0.15) is 11.5 Å².